The quantitative estimate of drug-likeness (QED) is 0.101. The Hall–Kier alpha value is -0.159. The summed E-state index contributed by atoms with van der Waals surface area (Å²) in [7, 11) is -3.25. The lowest BCUT2D eigenvalue weighted by molar-refractivity contribution is -0.322. The van der Waals surface area contributed by atoms with E-state index < -0.39 is 48.9 Å². The average molecular weight is 735 g/mol. The summed E-state index contributed by atoms with van der Waals surface area (Å²) < 4.78 is 44.6. The number of carbonyl (C=O) groups is 1. The minimum atomic E-state index is -2.24. The number of esters is 1. The molecular formula is C36H74O9Si3. The van der Waals surface area contributed by atoms with Gasteiger partial charge in [0.25, 0.3) is 0 Å². The summed E-state index contributed by atoms with van der Waals surface area (Å²) >= 11 is 0. The lowest BCUT2D eigenvalue weighted by atomic mass is 9.78. The Morgan fingerprint density at radius 3 is 1.79 bits per heavy atom. The summed E-state index contributed by atoms with van der Waals surface area (Å²) in [5.41, 5.74) is 0. The highest BCUT2D eigenvalue weighted by Crippen LogP contribution is 2.51. The summed E-state index contributed by atoms with van der Waals surface area (Å²) in [5, 5.41) is 12.5. The van der Waals surface area contributed by atoms with Gasteiger partial charge in [-0.25, -0.2) is 0 Å². The molecule has 0 unspecified atom stereocenters. The van der Waals surface area contributed by atoms with Crippen LogP contribution in [0.1, 0.15) is 95.4 Å². The van der Waals surface area contributed by atoms with Gasteiger partial charge in [-0.15, -0.1) is 0 Å². The Balaban J connectivity index is 2.36. The van der Waals surface area contributed by atoms with E-state index in [9.17, 15) is 9.90 Å². The fourth-order valence-corrected chi connectivity index (χ4v) is 9.62. The van der Waals surface area contributed by atoms with E-state index in [-0.39, 0.29) is 57.8 Å². The third-order valence-corrected chi connectivity index (χ3v) is 26.0. The van der Waals surface area contributed by atoms with E-state index in [1.54, 1.807) is 7.11 Å². The van der Waals surface area contributed by atoms with Crippen LogP contribution >= 0.6 is 0 Å². The van der Waals surface area contributed by atoms with Gasteiger partial charge in [-0.1, -0.05) is 76.2 Å². The molecule has 0 amide bonds. The monoisotopic (exact) mass is 734 g/mol. The van der Waals surface area contributed by atoms with Crippen molar-refractivity contribution in [3.63, 3.8) is 0 Å². The van der Waals surface area contributed by atoms with Crippen LogP contribution in [0.2, 0.25) is 54.4 Å². The second kappa shape index (κ2) is 15.4. The van der Waals surface area contributed by atoms with E-state index in [0.29, 0.717) is 19.4 Å². The maximum absolute atomic E-state index is 12.5. The van der Waals surface area contributed by atoms with Crippen LogP contribution in [0.5, 0.6) is 0 Å². The highest BCUT2D eigenvalue weighted by molar-refractivity contribution is 6.75. The van der Waals surface area contributed by atoms with E-state index >= 15 is 0 Å². The summed E-state index contributed by atoms with van der Waals surface area (Å²) in [4.78, 5) is 12.5. The molecule has 0 aromatic carbocycles. The van der Waals surface area contributed by atoms with E-state index in [1.165, 1.54) is 7.11 Å². The molecule has 9 atom stereocenters. The topological polar surface area (TPSA) is 105 Å². The minimum absolute atomic E-state index is 0.0213. The number of hydrogen-bond acceptors (Lipinski definition) is 9. The van der Waals surface area contributed by atoms with Crippen molar-refractivity contribution >= 4 is 30.9 Å². The molecule has 0 bridgehead atoms. The Bertz CT molecular complexity index is 1060. The minimum Gasteiger partial charge on any atom is -0.469 e. The molecule has 9 nitrogen and oxygen atoms in total. The van der Waals surface area contributed by atoms with Crippen LogP contribution < -0.4 is 0 Å². The van der Waals surface area contributed by atoms with Gasteiger partial charge >= 0.3 is 5.97 Å². The second-order valence-electron chi connectivity index (χ2n) is 19.1. The van der Waals surface area contributed by atoms with Crippen molar-refractivity contribution in [1.82, 2.24) is 0 Å². The lowest BCUT2D eigenvalue weighted by Gasteiger charge is -2.52. The molecule has 0 aromatic rings. The summed E-state index contributed by atoms with van der Waals surface area (Å²) in [6.45, 7) is 38.2. The largest absolute Gasteiger partial charge is 0.469 e. The standard InChI is InChI=1S/C36H74O9Si3/c1-24-27(23-30(37)40-13)43-36(38,25(2)31(24)45-48(18,19)35(9,10)11)32-29(42-32)22-28(39-12)26(44-47(16,17)34(6,7)8)20-21-41-46(14,15)33(3,4)5/h24-29,31-32,38H,20-23H2,1-19H3/t24-,25+,26-,27+,28-,29-,31-,32-,36+/m0/s1. The van der Waals surface area contributed by atoms with E-state index in [4.69, 9.17) is 32.2 Å². The van der Waals surface area contributed by atoms with Crippen LogP contribution in [0.3, 0.4) is 0 Å². The van der Waals surface area contributed by atoms with E-state index in [1.807, 2.05) is 13.8 Å². The molecule has 284 valence electrons. The molecule has 2 heterocycles. The Labute approximate surface area is 297 Å². The van der Waals surface area contributed by atoms with Crippen LogP contribution in [0, 0.1) is 11.8 Å². The number of methoxy groups -OCH3 is 2. The third-order valence-electron chi connectivity index (χ3n) is 12.5. The van der Waals surface area contributed by atoms with Crippen molar-refractivity contribution in [2.45, 2.75) is 192 Å². The first kappa shape index (κ1) is 44.0. The molecule has 0 aliphatic carbocycles. The van der Waals surface area contributed by atoms with Gasteiger partial charge in [0.1, 0.15) is 6.10 Å². The van der Waals surface area contributed by atoms with Crippen LogP contribution in [-0.4, -0.2) is 99.3 Å². The number of aliphatic hydroxyl groups is 1. The number of rotatable bonds is 15. The Morgan fingerprint density at radius 2 is 1.33 bits per heavy atom. The third kappa shape index (κ3) is 10.2. The average Bonchev–Trinajstić information content (AvgIpc) is 3.70. The predicted octanol–water partition coefficient (Wildman–Crippen LogP) is 8.27. The zero-order chi connectivity index (χ0) is 37.5. The number of epoxide rings is 1. The van der Waals surface area contributed by atoms with E-state index in [0.717, 1.165) is 0 Å². The maximum atomic E-state index is 12.5. The van der Waals surface area contributed by atoms with Crippen LogP contribution in [0.15, 0.2) is 0 Å². The van der Waals surface area contributed by atoms with Gasteiger partial charge in [-0.05, 0) is 60.8 Å². The first-order valence-electron chi connectivity index (χ1n) is 18.1. The Kier molecular flexibility index (Phi) is 14.2. The molecule has 0 aromatic heterocycles. The molecule has 0 spiro atoms. The van der Waals surface area contributed by atoms with Crippen molar-refractivity contribution in [2.24, 2.45) is 11.8 Å². The molecule has 2 rings (SSSR count). The number of carbonyl (C=O) groups excluding carboxylic acids is 1. The van der Waals surface area contributed by atoms with Crippen molar-refractivity contribution in [3.05, 3.63) is 0 Å². The van der Waals surface area contributed by atoms with Gasteiger partial charge in [0.05, 0.1) is 44.1 Å². The fraction of sp³-hybridized carbons (Fsp3) is 0.972. The van der Waals surface area contributed by atoms with Gasteiger partial charge in [0.2, 0.25) is 0 Å². The van der Waals surface area contributed by atoms with Gasteiger partial charge < -0.3 is 37.3 Å². The van der Waals surface area contributed by atoms with Crippen LogP contribution in [0.4, 0.5) is 0 Å². The van der Waals surface area contributed by atoms with Crippen molar-refractivity contribution in [3.8, 4) is 0 Å². The van der Waals surface area contributed by atoms with Gasteiger partial charge in [-0.3, -0.25) is 4.79 Å². The molecule has 48 heavy (non-hydrogen) atoms. The predicted molar refractivity (Wildman–Crippen MR) is 201 cm³/mol. The smallest absolute Gasteiger partial charge is 0.308 e. The molecule has 2 aliphatic rings. The summed E-state index contributed by atoms with van der Waals surface area (Å²) in [6, 6.07) is 0. The molecule has 2 fully saturated rings. The second-order valence-corrected chi connectivity index (χ2v) is 33.4. The summed E-state index contributed by atoms with van der Waals surface area (Å²) in [6.07, 6.45) is -1.04. The van der Waals surface area contributed by atoms with Crippen molar-refractivity contribution in [2.75, 3.05) is 20.8 Å². The molecule has 12 heteroatoms. The molecule has 0 radical (unpaired) electrons. The van der Waals surface area contributed by atoms with Crippen LogP contribution in [0.25, 0.3) is 0 Å². The molecule has 2 aliphatic heterocycles. The van der Waals surface area contributed by atoms with E-state index in [2.05, 4.69) is 102 Å². The molecule has 2 saturated heterocycles. The lowest BCUT2D eigenvalue weighted by Crippen LogP contribution is -2.63. The summed E-state index contributed by atoms with van der Waals surface area (Å²) in [5.74, 6) is -2.57. The fourth-order valence-electron chi connectivity index (χ4n) is 5.72. The zero-order valence-electron chi connectivity index (χ0n) is 34.2. The van der Waals surface area contributed by atoms with Crippen molar-refractivity contribution < 1.29 is 42.1 Å². The first-order chi connectivity index (χ1) is 21.5. The number of ether oxygens (including phenoxy) is 4. The maximum Gasteiger partial charge on any atom is 0.308 e. The Morgan fingerprint density at radius 1 is 0.812 bits per heavy atom. The first-order valence-corrected chi connectivity index (χ1v) is 26.8. The molecular weight excluding hydrogens is 661 g/mol. The molecule has 0 saturated carbocycles. The zero-order valence-corrected chi connectivity index (χ0v) is 37.2. The van der Waals surface area contributed by atoms with Gasteiger partial charge in [-0.2, -0.15) is 0 Å². The SMILES string of the molecule is COC(=O)C[C@H]1O[C@@](O)([C@H]2O[C@H]2C[C@H](OC)[C@H](CCO[Si](C)(C)C(C)(C)C)O[Si](C)(C)C(C)(C)C)[C@H](C)[C@@H](O[Si](C)(C)C(C)(C)C)[C@H]1C. The van der Waals surface area contributed by atoms with Gasteiger partial charge in [0.15, 0.2) is 30.7 Å². The highest BCUT2D eigenvalue weighted by atomic mass is 28.4. The van der Waals surface area contributed by atoms with Crippen LogP contribution in [-0.2, 0) is 37.0 Å². The van der Waals surface area contributed by atoms with Crippen molar-refractivity contribution in [1.29, 1.82) is 0 Å². The normalized spacial score (nSPS) is 30.6. The van der Waals surface area contributed by atoms with Gasteiger partial charge in [0, 0.05) is 32.0 Å². The highest BCUT2D eigenvalue weighted by Gasteiger charge is 2.64. The molecule has 1 N–H and O–H groups in total. The number of hydrogen-bond donors (Lipinski definition) is 1.